The van der Waals surface area contributed by atoms with Gasteiger partial charge in [-0.05, 0) is 5.75 Å². The van der Waals surface area contributed by atoms with Gasteiger partial charge in [0.1, 0.15) is 0 Å². The zero-order valence-electron chi connectivity index (χ0n) is 8.75. The molecule has 0 aliphatic carbocycles. The molecule has 0 aliphatic heterocycles. The van der Waals surface area contributed by atoms with Crippen LogP contribution < -0.4 is 10.5 Å². The first kappa shape index (κ1) is 12.4. The predicted octanol–water partition coefficient (Wildman–Crippen LogP) is 0.358. The molecule has 0 spiro atoms. The van der Waals surface area contributed by atoms with E-state index in [-0.39, 0.29) is 0 Å². The highest BCUT2D eigenvalue weighted by Gasteiger charge is 2.06. The second-order valence-corrected chi connectivity index (χ2v) is 2.85. The molecule has 0 radical (unpaired) electrons. The van der Waals surface area contributed by atoms with Crippen LogP contribution in [0.4, 0.5) is 10.5 Å². The molecule has 1 amide bonds. The van der Waals surface area contributed by atoms with Gasteiger partial charge in [-0.3, -0.25) is 10.1 Å². The van der Waals surface area contributed by atoms with Crippen LogP contribution in [0.1, 0.15) is 5.56 Å². The summed E-state index contributed by atoms with van der Waals surface area (Å²) in [7, 11) is 1.17. The number of amides is 1. The monoisotopic (exact) mass is 238 g/mol. The molecule has 1 rings (SSSR count). The van der Waals surface area contributed by atoms with Gasteiger partial charge in [-0.2, -0.15) is 5.10 Å². The molecule has 8 nitrogen and oxygen atoms in total. The summed E-state index contributed by atoms with van der Waals surface area (Å²) in [5.74, 6) is -0.687. The van der Waals surface area contributed by atoms with Gasteiger partial charge in [-0.25, -0.2) is 10.2 Å². The van der Waals surface area contributed by atoms with E-state index in [0.717, 1.165) is 18.3 Å². The Hall–Kier alpha value is -2.64. The molecule has 0 aromatic heterocycles. The summed E-state index contributed by atoms with van der Waals surface area (Å²) in [6, 6.07) is 3.46. The quantitative estimate of drug-likeness (QED) is 0.463. The van der Waals surface area contributed by atoms with Crippen molar-refractivity contribution in [1.29, 1.82) is 0 Å². The fourth-order valence-corrected chi connectivity index (χ4v) is 0.963. The van der Waals surface area contributed by atoms with Crippen molar-refractivity contribution >= 4 is 18.0 Å². The number of hydrogen-bond acceptors (Lipinski definition) is 6. The van der Waals surface area contributed by atoms with E-state index in [1.807, 2.05) is 5.43 Å². The Morgan fingerprint density at radius 2 is 2.29 bits per heavy atom. The number of hydrazone groups is 1. The lowest BCUT2D eigenvalue weighted by Gasteiger charge is -2.05. The number of benzene rings is 1. The summed E-state index contributed by atoms with van der Waals surface area (Å²) in [4.78, 5) is 20.3. The average molecular weight is 238 g/mol. The highest BCUT2D eigenvalue weighted by Crippen LogP contribution is 2.22. The first-order valence-corrected chi connectivity index (χ1v) is 4.37. The van der Waals surface area contributed by atoms with Crippen molar-refractivity contribution < 1.29 is 19.6 Å². The van der Waals surface area contributed by atoms with Crippen LogP contribution in [0, 0.1) is 10.1 Å². The first-order valence-electron chi connectivity index (χ1n) is 4.37. The van der Waals surface area contributed by atoms with Crippen molar-refractivity contribution in [1.82, 2.24) is 5.43 Å². The third-order valence-corrected chi connectivity index (χ3v) is 1.73. The molecule has 0 saturated heterocycles. The van der Waals surface area contributed by atoms with Gasteiger partial charge in [0.2, 0.25) is 0 Å². The molecule has 0 saturated carbocycles. The molecule has 0 bridgehead atoms. The molecule has 0 unspecified atom stereocenters. The number of carbonyl (C=O) groups is 1. The minimum Gasteiger partial charge on any atom is -0.868 e. The van der Waals surface area contributed by atoms with Crippen LogP contribution in [-0.2, 0) is 4.74 Å². The van der Waals surface area contributed by atoms with E-state index in [1.54, 1.807) is 0 Å². The molecule has 8 heteroatoms. The molecular formula is C9H8N3O5-. The number of methoxy groups -OCH3 is 1. The highest BCUT2D eigenvalue weighted by atomic mass is 16.6. The summed E-state index contributed by atoms with van der Waals surface area (Å²) in [5.41, 5.74) is 1.77. The van der Waals surface area contributed by atoms with Crippen LogP contribution in [0.25, 0.3) is 0 Å². The minimum absolute atomic E-state index is 0.313. The van der Waals surface area contributed by atoms with Crippen molar-refractivity contribution in [2.75, 3.05) is 7.11 Å². The Morgan fingerprint density at radius 3 is 2.88 bits per heavy atom. The summed E-state index contributed by atoms with van der Waals surface area (Å²) < 4.78 is 4.25. The number of nitrogens with zero attached hydrogens (tertiary/aromatic N) is 2. The lowest BCUT2D eigenvalue weighted by Crippen LogP contribution is -2.16. The van der Waals surface area contributed by atoms with Gasteiger partial charge in [0.15, 0.2) is 0 Å². The Morgan fingerprint density at radius 1 is 1.59 bits per heavy atom. The third-order valence-electron chi connectivity index (χ3n) is 1.73. The standard InChI is InChI=1S/C9H9N3O5/c1-17-9(14)11-10-5-6-2-3-8(13)7(4-6)12(15)16/h2-5,13H,1H3,(H,11,14)/p-1/b10-5-. The Kier molecular flexibility index (Phi) is 3.98. The van der Waals surface area contributed by atoms with E-state index in [9.17, 15) is 20.0 Å². The summed E-state index contributed by atoms with van der Waals surface area (Å²) in [5, 5.41) is 25.0. The van der Waals surface area contributed by atoms with Crippen LogP contribution in [0.15, 0.2) is 23.3 Å². The largest absolute Gasteiger partial charge is 0.868 e. The number of nitro benzene ring substituents is 1. The number of nitro groups is 1. The first-order chi connectivity index (χ1) is 8.04. The maximum Gasteiger partial charge on any atom is 0.427 e. The van der Waals surface area contributed by atoms with Crippen LogP contribution in [0.2, 0.25) is 0 Å². The Labute approximate surface area is 95.7 Å². The van der Waals surface area contributed by atoms with Crippen molar-refractivity contribution in [3.8, 4) is 5.75 Å². The number of carbonyl (C=O) groups excluding carboxylic acids is 1. The second kappa shape index (κ2) is 5.45. The molecule has 0 atom stereocenters. The summed E-state index contributed by atoms with van der Waals surface area (Å²) in [6.45, 7) is 0. The van der Waals surface area contributed by atoms with Crippen LogP contribution in [0.3, 0.4) is 0 Å². The van der Waals surface area contributed by atoms with Crippen LogP contribution in [0.5, 0.6) is 5.75 Å². The molecule has 0 fully saturated rings. The predicted molar refractivity (Wildman–Crippen MR) is 55.7 cm³/mol. The van der Waals surface area contributed by atoms with Gasteiger partial charge < -0.3 is 9.84 Å². The normalized spacial score (nSPS) is 10.2. The fourth-order valence-electron chi connectivity index (χ4n) is 0.963. The maximum atomic E-state index is 11.1. The van der Waals surface area contributed by atoms with Gasteiger partial charge >= 0.3 is 6.09 Å². The van der Waals surface area contributed by atoms with E-state index >= 15 is 0 Å². The molecule has 1 aromatic rings. The van der Waals surface area contributed by atoms with Gasteiger partial charge in [0.05, 0.1) is 18.2 Å². The average Bonchev–Trinajstić information content (AvgIpc) is 2.30. The maximum absolute atomic E-state index is 11.1. The number of ether oxygens (including phenoxy) is 1. The van der Waals surface area contributed by atoms with E-state index in [1.165, 1.54) is 13.2 Å². The number of hydrogen-bond donors (Lipinski definition) is 1. The minimum atomic E-state index is -0.784. The molecule has 0 heterocycles. The van der Waals surface area contributed by atoms with Gasteiger partial charge in [0.25, 0.3) is 5.69 Å². The van der Waals surface area contributed by atoms with E-state index in [4.69, 9.17) is 0 Å². The third kappa shape index (κ3) is 3.45. The SMILES string of the molecule is COC(=O)N/N=C\c1ccc([O-])c([N+](=O)[O-])c1. The molecule has 1 N–H and O–H groups in total. The fraction of sp³-hybridized carbons (Fsp3) is 0.111. The summed E-state index contributed by atoms with van der Waals surface area (Å²) >= 11 is 0. The van der Waals surface area contributed by atoms with Crippen LogP contribution >= 0.6 is 0 Å². The summed E-state index contributed by atoms with van der Waals surface area (Å²) in [6.07, 6.45) is 0.389. The second-order valence-electron chi connectivity index (χ2n) is 2.85. The van der Waals surface area contributed by atoms with E-state index in [2.05, 4.69) is 9.84 Å². The topological polar surface area (TPSA) is 117 Å². The number of rotatable bonds is 3. The van der Waals surface area contributed by atoms with E-state index in [0.29, 0.717) is 5.56 Å². The molecule has 17 heavy (non-hydrogen) atoms. The van der Waals surface area contributed by atoms with Crippen molar-refractivity contribution in [3.05, 3.63) is 33.9 Å². The van der Waals surface area contributed by atoms with Crippen molar-refractivity contribution in [2.45, 2.75) is 0 Å². The Bertz CT molecular complexity index is 472. The zero-order valence-corrected chi connectivity index (χ0v) is 8.75. The van der Waals surface area contributed by atoms with Crippen molar-refractivity contribution in [2.24, 2.45) is 5.10 Å². The molecular weight excluding hydrogens is 230 g/mol. The smallest absolute Gasteiger partial charge is 0.427 e. The Balaban J connectivity index is 2.82. The van der Waals surface area contributed by atoms with Gasteiger partial charge in [-0.15, -0.1) is 0 Å². The zero-order chi connectivity index (χ0) is 12.8. The van der Waals surface area contributed by atoms with Gasteiger partial charge in [-0.1, -0.05) is 12.1 Å². The van der Waals surface area contributed by atoms with Crippen LogP contribution in [-0.4, -0.2) is 24.3 Å². The molecule has 0 aliphatic rings. The highest BCUT2D eigenvalue weighted by molar-refractivity contribution is 5.82. The lowest BCUT2D eigenvalue weighted by molar-refractivity contribution is -0.398. The molecule has 1 aromatic carbocycles. The molecule has 90 valence electrons. The van der Waals surface area contributed by atoms with Gasteiger partial charge in [0, 0.05) is 11.6 Å². The van der Waals surface area contributed by atoms with Crippen molar-refractivity contribution in [3.63, 3.8) is 0 Å². The van der Waals surface area contributed by atoms with E-state index < -0.39 is 22.5 Å². The lowest BCUT2D eigenvalue weighted by atomic mass is 10.2. The number of nitrogens with one attached hydrogen (secondary N) is 1.